The summed E-state index contributed by atoms with van der Waals surface area (Å²) in [6, 6.07) is 8.61. The van der Waals surface area contributed by atoms with Crippen LogP contribution in [0.4, 0.5) is 5.69 Å². The first-order valence-electron chi connectivity index (χ1n) is 4.90. The molecule has 1 aliphatic rings. The lowest BCUT2D eigenvalue weighted by Crippen LogP contribution is -2.26. The Morgan fingerprint density at radius 1 is 1.43 bits per heavy atom. The summed E-state index contributed by atoms with van der Waals surface area (Å²) in [5.74, 6) is 0. The largest absolute Gasteiger partial charge is 0.379 e. The van der Waals surface area contributed by atoms with E-state index in [-0.39, 0.29) is 0 Å². The second-order valence-corrected chi connectivity index (χ2v) is 4.45. The third-order valence-corrected chi connectivity index (χ3v) is 3.28. The molecule has 14 heavy (non-hydrogen) atoms. The zero-order valence-corrected chi connectivity index (χ0v) is 9.75. The van der Waals surface area contributed by atoms with Crippen molar-refractivity contribution in [3.8, 4) is 0 Å². The molecule has 0 spiro atoms. The zero-order chi connectivity index (χ0) is 9.97. The number of ether oxygens (including phenoxy) is 1. The Morgan fingerprint density at radius 2 is 2.21 bits per heavy atom. The predicted molar refractivity (Wildman–Crippen MR) is 61.6 cm³/mol. The molecule has 76 valence electrons. The maximum absolute atomic E-state index is 5.50. The van der Waals surface area contributed by atoms with E-state index in [0.717, 1.165) is 23.2 Å². The maximum Gasteiger partial charge on any atom is 0.0748 e. The van der Waals surface area contributed by atoms with E-state index >= 15 is 0 Å². The average molecular weight is 256 g/mol. The molecule has 3 heteroatoms. The Balaban J connectivity index is 2.07. The van der Waals surface area contributed by atoms with Gasteiger partial charge in [0.05, 0.1) is 12.1 Å². The molecule has 1 aliphatic heterocycles. The van der Waals surface area contributed by atoms with Gasteiger partial charge in [-0.15, -0.1) is 0 Å². The summed E-state index contributed by atoms with van der Waals surface area (Å²) in [6.45, 7) is 2.98. The van der Waals surface area contributed by atoms with Crippen LogP contribution in [-0.2, 0) is 4.74 Å². The van der Waals surface area contributed by atoms with Crippen LogP contribution in [0.3, 0.4) is 0 Å². The van der Waals surface area contributed by atoms with Gasteiger partial charge in [0.15, 0.2) is 0 Å². The van der Waals surface area contributed by atoms with E-state index in [2.05, 4.69) is 34.2 Å². The highest BCUT2D eigenvalue weighted by Gasteiger charge is 2.24. The highest BCUT2D eigenvalue weighted by Crippen LogP contribution is 2.25. The van der Waals surface area contributed by atoms with Crippen molar-refractivity contribution in [2.75, 3.05) is 11.9 Å². The van der Waals surface area contributed by atoms with Crippen molar-refractivity contribution in [2.24, 2.45) is 0 Å². The van der Waals surface area contributed by atoms with E-state index < -0.39 is 0 Å². The van der Waals surface area contributed by atoms with Crippen molar-refractivity contribution in [1.29, 1.82) is 0 Å². The smallest absolute Gasteiger partial charge is 0.0748 e. The highest BCUT2D eigenvalue weighted by molar-refractivity contribution is 9.10. The van der Waals surface area contributed by atoms with Gasteiger partial charge in [0.25, 0.3) is 0 Å². The Labute approximate surface area is 92.8 Å². The van der Waals surface area contributed by atoms with Crippen molar-refractivity contribution < 1.29 is 4.74 Å². The van der Waals surface area contributed by atoms with Crippen LogP contribution in [0.1, 0.15) is 13.3 Å². The molecule has 0 saturated carbocycles. The van der Waals surface area contributed by atoms with Crippen LogP contribution in [0, 0.1) is 0 Å². The first-order valence-corrected chi connectivity index (χ1v) is 5.69. The van der Waals surface area contributed by atoms with Gasteiger partial charge in [0, 0.05) is 16.8 Å². The fourth-order valence-electron chi connectivity index (χ4n) is 1.70. The number of halogens is 1. The molecular weight excluding hydrogens is 242 g/mol. The second kappa shape index (κ2) is 4.32. The molecule has 0 unspecified atom stereocenters. The van der Waals surface area contributed by atoms with Crippen molar-refractivity contribution >= 4 is 21.6 Å². The van der Waals surface area contributed by atoms with Crippen LogP contribution in [0.5, 0.6) is 0 Å². The molecule has 1 aromatic rings. The van der Waals surface area contributed by atoms with Crippen molar-refractivity contribution in [2.45, 2.75) is 25.5 Å². The number of anilines is 1. The fourth-order valence-corrected chi connectivity index (χ4v) is 2.10. The minimum atomic E-state index is 0.308. The molecule has 2 rings (SSSR count). The molecule has 0 bridgehead atoms. The normalized spacial score (nSPS) is 26.4. The van der Waals surface area contributed by atoms with Gasteiger partial charge in [-0.1, -0.05) is 12.1 Å². The quantitative estimate of drug-likeness (QED) is 0.878. The summed E-state index contributed by atoms with van der Waals surface area (Å²) >= 11 is 3.52. The van der Waals surface area contributed by atoms with Crippen LogP contribution >= 0.6 is 15.9 Å². The minimum absolute atomic E-state index is 0.308. The topological polar surface area (TPSA) is 21.3 Å². The minimum Gasteiger partial charge on any atom is -0.379 e. The van der Waals surface area contributed by atoms with E-state index in [0.29, 0.717) is 12.1 Å². The standard InChI is InChI=1S/C11H14BrNO/c1-8-10(6-7-14-8)13-11-5-3-2-4-9(11)12/h2-5,8,10,13H,6-7H2,1H3/t8-,10-/m0/s1. The second-order valence-electron chi connectivity index (χ2n) is 3.60. The molecule has 0 aromatic heterocycles. The molecule has 1 aromatic carbocycles. The van der Waals surface area contributed by atoms with Crippen LogP contribution in [0.25, 0.3) is 0 Å². The van der Waals surface area contributed by atoms with Crippen molar-refractivity contribution in [3.05, 3.63) is 28.7 Å². The maximum atomic E-state index is 5.50. The van der Waals surface area contributed by atoms with Gasteiger partial charge in [-0.25, -0.2) is 0 Å². The monoisotopic (exact) mass is 255 g/mol. The Bertz CT molecular complexity index is 316. The van der Waals surface area contributed by atoms with Crippen LogP contribution < -0.4 is 5.32 Å². The first-order chi connectivity index (χ1) is 6.77. The number of benzene rings is 1. The number of hydrogen-bond donors (Lipinski definition) is 1. The molecule has 1 saturated heterocycles. The van der Waals surface area contributed by atoms with Gasteiger partial charge >= 0.3 is 0 Å². The van der Waals surface area contributed by atoms with Crippen LogP contribution in [0.2, 0.25) is 0 Å². The number of para-hydroxylation sites is 1. The van der Waals surface area contributed by atoms with E-state index in [1.54, 1.807) is 0 Å². The van der Waals surface area contributed by atoms with Crippen LogP contribution in [0.15, 0.2) is 28.7 Å². The van der Waals surface area contributed by atoms with Crippen molar-refractivity contribution in [3.63, 3.8) is 0 Å². The zero-order valence-electron chi connectivity index (χ0n) is 8.16. The third kappa shape index (κ3) is 2.10. The SMILES string of the molecule is C[C@@H]1OCC[C@@H]1Nc1ccccc1Br. The van der Waals surface area contributed by atoms with Gasteiger partial charge in [0.1, 0.15) is 0 Å². The van der Waals surface area contributed by atoms with Gasteiger partial charge in [-0.2, -0.15) is 0 Å². The molecular formula is C11H14BrNO. The lowest BCUT2D eigenvalue weighted by atomic mass is 10.1. The van der Waals surface area contributed by atoms with Gasteiger partial charge in [-0.3, -0.25) is 0 Å². The predicted octanol–water partition coefficient (Wildman–Crippen LogP) is 3.04. The fraction of sp³-hybridized carbons (Fsp3) is 0.455. The number of rotatable bonds is 2. The lowest BCUT2D eigenvalue weighted by Gasteiger charge is -2.18. The molecule has 1 N–H and O–H groups in total. The Morgan fingerprint density at radius 3 is 2.86 bits per heavy atom. The van der Waals surface area contributed by atoms with E-state index in [9.17, 15) is 0 Å². The van der Waals surface area contributed by atoms with E-state index in [1.165, 1.54) is 0 Å². The molecule has 0 amide bonds. The van der Waals surface area contributed by atoms with E-state index in [4.69, 9.17) is 4.74 Å². The van der Waals surface area contributed by atoms with Crippen molar-refractivity contribution in [1.82, 2.24) is 0 Å². The summed E-state index contributed by atoms with van der Waals surface area (Å²) in [5.41, 5.74) is 1.15. The number of nitrogens with one attached hydrogen (secondary N) is 1. The van der Waals surface area contributed by atoms with E-state index in [1.807, 2.05) is 18.2 Å². The van der Waals surface area contributed by atoms with Gasteiger partial charge in [0.2, 0.25) is 0 Å². The average Bonchev–Trinajstić information content (AvgIpc) is 2.56. The summed E-state index contributed by atoms with van der Waals surface area (Å²) < 4.78 is 6.61. The lowest BCUT2D eigenvalue weighted by molar-refractivity contribution is 0.121. The molecule has 1 heterocycles. The molecule has 0 radical (unpaired) electrons. The van der Waals surface area contributed by atoms with Gasteiger partial charge in [-0.05, 0) is 41.4 Å². The summed E-state index contributed by atoms with van der Waals surface area (Å²) in [6.07, 6.45) is 1.39. The number of hydrogen-bond acceptors (Lipinski definition) is 2. The summed E-state index contributed by atoms with van der Waals surface area (Å²) in [4.78, 5) is 0. The summed E-state index contributed by atoms with van der Waals surface area (Å²) in [7, 11) is 0. The molecule has 1 fully saturated rings. The molecule has 2 atom stereocenters. The first kappa shape index (κ1) is 9.99. The Hall–Kier alpha value is -0.540. The molecule has 0 aliphatic carbocycles. The van der Waals surface area contributed by atoms with Crippen LogP contribution in [-0.4, -0.2) is 18.8 Å². The molecule has 2 nitrogen and oxygen atoms in total. The summed E-state index contributed by atoms with van der Waals surface area (Å²) in [5, 5.41) is 3.49. The third-order valence-electron chi connectivity index (χ3n) is 2.59. The Kier molecular flexibility index (Phi) is 3.08. The highest BCUT2D eigenvalue weighted by atomic mass is 79.9. The van der Waals surface area contributed by atoms with Gasteiger partial charge < -0.3 is 10.1 Å².